The number of piperidine rings is 1. The van der Waals surface area contributed by atoms with Gasteiger partial charge in [-0.15, -0.1) is 5.10 Å². The third-order valence-corrected chi connectivity index (χ3v) is 6.26. The number of nitrogen functional groups attached to an aromatic ring is 1. The van der Waals surface area contributed by atoms with Crippen molar-refractivity contribution in [3.8, 4) is 0 Å². The zero-order valence-electron chi connectivity index (χ0n) is 18.4. The molecular formula is C22H27FN8O2. The minimum absolute atomic E-state index is 0.0217. The molecule has 2 saturated heterocycles. The number of halogens is 1. The van der Waals surface area contributed by atoms with Crippen LogP contribution in [0, 0.1) is 5.82 Å². The minimum Gasteiger partial charge on any atom is -0.381 e. The average Bonchev–Trinajstić information content (AvgIpc) is 3.35. The van der Waals surface area contributed by atoms with Gasteiger partial charge in [-0.25, -0.2) is 13.9 Å². The van der Waals surface area contributed by atoms with Crippen LogP contribution in [0.15, 0.2) is 30.9 Å². The van der Waals surface area contributed by atoms with Gasteiger partial charge in [0, 0.05) is 32.4 Å². The quantitative estimate of drug-likeness (QED) is 0.600. The van der Waals surface area contributed by atoms with E-state index in [9.17, 15) is 9.18 Å². The third-order valence-electron chi connectivity index (χ3n) is 6.26. The summed E-state index contributed by atoms with van der Waals surface area (Å²) in [6, 6.07) is 1.88. The van der Waals surface area contributed by atoms with Crippen LogP contribution in [0.5, 0.6) is 0 Å². The molecule has 1 atom stereocenters. The number of likely N-dealkylation sites (tertiary alicyclic amines) is 1. The highest BCUT2D eigenvalue weighted by Crippen LogP contribution is 2.30. The lowest BCUT2D eigenvalue weighted by atomic mass is 10.1. The van der Waals surface area contributed by atoms with Crippen molar-refractivity contribution in [3.05, 3.63) is 42.2 Å². The Balaban J connectivity index is 1.28. The number of hydrogen-bond acceptors (Lipinski definition) is 8. The van der Waals surface area contributed by atoms with Gasteiger partial charge >= 0.3 is 0 Å². The topological polar surface area (TPSA) is 114 Å². The number of ether oxygens (including phenoxy) is 1. The Labute approximate surface area is 190 Å². The van der Waals surface area contributed by atoms with E-state index in [1.165, 1.54) is 0 Å². The summed E-state index contributed by atoms with van der Waals surface area (Å²) < 4.78 is 20.9. The fourth-order valence-electron chi connectivity index (χ4n) is 4.60. The molecule has 174 valence electrons. The van der Waals surface area contributed by atoms with Gasteiger partial charge in [-0.05, 0) is 32.4 Å². The fraction of sp³-hybridized carbons (Fsp3) is 0.455. The van der Waals surface area contributed by atoms with E-state index in [0.29, 0.717) is 11.8 Å². The largest absolute Gasteiger partial charge is 0.381 e. The number of likely N-dealkylation sites (N-methyl/N-ethyl adjacent to an activating group) is 1. The summed E-state index contributed by atoms with van der Waals surface area (Å²) in [6.45, 7) is 3.72. The molecule has 5 heterocycles. The standard InChI is InChI=1S/C22H27FN8O2/c1-29-7-3-16(13-29)33-15-4-8-30(9-5-15)18-2-6-25-11-17(18)27-22(32)19-20(24)28-31-12-14(23)10-26-21(19)31/h2,6,10-12,15-16H,3-5,7-9,13H2,1H3,(H2,24,28)(H,27,32)/t16-/m1/s1. The lowest BCUT2D eigenvalue weighted by molar-refractivity contribution is -0.0168. The molecule has 0 saturated carbocycles. The predicted octanol–water partition coefficient (Wildman–Crippen LogP) is 1.79. The highest BCUT2D eigenvalue weighted by Gasteiger charge is 2.28. The van der Waals surface area contributed by atoms with E-state index in [2.05, 4.69) is 37.2 Å². The zero-order valence-corrected chi connectivity index (χ0v) is 18.4. The molecule has 11 heteroatoms. The Bertz CT molecular complexity index is 1160. The Kier molecular flexibility index (Phi) is 5.81. The highest BCUT2D eigenvalue weighted by molar-refractivity contribution is 6.12. The van der Waals surface area contributed by atoms with Gasteiger partial charge in [0.25, 0.3) is 5.91 Å². The number of pyridine rings is 1. The van der Waals surface area contributed by atoms with Crippen LogP contribution in [0.25, 0.3) is 5.65 Å². The third kappa shape index (κ3) is 4.46. The number of nitrogens with two attached hydrogens (primary N) is 1. The molecule has 0 bridgehead atoms. The van der Waals surface area contributed by atoms with E-state index in [4.69, 9.17) is 10.5 Å². The number of anilines is 3. The van der Waals surface area contributed by atoms with E-state index in [-0.39, 0.29) is 23.1 Å². The number of nitrogens with zero attached hydrogens (tertiary/aromatic N) is 6. The molecule has 0 radical (unpaired) electrons. The summed E-state index contributed by atoms with van der Waals surface area (Å²) in [5, 5.41) is 6.88. The van der Waals surface area contributed by atoms with Crippen LogP contribution in [-0.4, -0.2) is 75.8 Å². The molecule has 2 aliphatic rings. The van der Waals surface area contributed by atoms with Crippen LogP contribution in [0.3, 0.4) is 0 Å². The number of carbonyl (C=O) groups excluding carboxylic acids is 1. The summed E-state index contributed by atoms with van der Waals surface area (Å²) in [5.41, 5.74) is 7.67. The fourth-order valence-corrected chi connectivity index (χ4v) is 4.60. The van der Waals surface area contributed by atoms with Crippen LogP contribution in [0.2, 0.25) is 0 Å². The van der Waals surface area contributed by atoms with Crippen LogP contribution in [-0.2, 0) is 4.74 Å². The zero-order chi connectivity index (χ0) is 22.9. The van der Waals surface area contributed by atoms with E-state index < -0.39 is 11.7 Å². The number of rotatable bonds is 5. The molecule has 0 aromatic carbocycles. The number of nitrogens with one attached hydrogen (secondary N) is 1. The Morgan fingerprint density at radius 2 is 2.00 bits per heavy atom. The van der Waals surface area contributed by atoms with Gasteiger partial charge in [-0.1, -0.05) is 0 Å². The summed E-state index contributed by atoms with van der Waals surface area (Å²) in [4.78, 5) is 25.7. The molecule has 3 aromatic rings. The predicted molar refractivity (Wildman–Crippen MR) is 122 cm³/mol. The maximum absolute atomic E-state index is 13.5. The van der Waals surface area contributed by atoms with E-state index in [1.54, 1.807) is 12.4 Å². The molecule has 3 N–H and O–H groups in total. The maximum atomic E-state index is 13.5. The smallest absolute Gasteiger partial charge is 0.263 e. The number of aromatic nitrogens is 4. The molecule has 3 aromatic heterocycles. The highest BCUT2D eigenvalue weighted by atomic mass is 19.1. The van der Waals surface area contributed by atoms with Crippen molar-refractivity contribution in [1.29, 1.82) is 0 Å². The summed E-state index contributed by atoms with van der Waals surface area (Å²) in [5.74, 6) is -1.06. The molecule has 0 spiro atoms. The van der Waals surface area contributed by atoms with Gasteiger partial charge in [0.1, 0.15) is 5.56 Å². The molecule has 2 fully saturated rings. The summed E-state index contributed by atoms with van der Waals surface area (Å²) >= 11 is 0. The van der Waals surface area contributed by atoms with Crippen molar-refractivity contribution >= 4 is 28.7 Å². The number of carbonyl (C=O) groups is 1. The van der Waals surface area contributed by atoms with Crippen LogP contribution >= 0.6 is 0 Å². The van der Waals surface area contributed by atoms with Crippen molar-refractivity contribution in [2.75, 3.05) is 49.2 Å². The van der Waals surface area contributed by atoms with Gasteiger partial charge < -0.3 is 25.6 Å². The van der Waals surface area contributed by atoms with Gasteiger partial charge in [-0.3, -0.25) is 9.78 Å². The minimum atomic E-state index is -0.571. The first-order chi connectivity index (χ1) is 16.0. The van der Waals surface area contributed by atoms with Crippen molar-refractivity contribution < 1.29 is 13.9 Å². The normalized spacial score (nSPS) is 19.9. The summed E-state index contributed by atoms with van der Waals surface area (Å²) in [6.07, 6.45) is 8.97. The van der Waals surface area contributed by atoms with E-state index in [1.807, 2.05) is 6.07 Å². The van der Waals surface area contributed by atoms with Crippen LogP contribution < -0.4 is 16.0 Å². The molecule has 0 unspecified atom stereocenters. The molecule has 33 heavy (non-hydrogen) atoms. The van der Waals surface area contributed by atoms with Gasteiger partial charge in [0.2, 0.25) is 0 Å². The first kappa shape index (κ1) is 21.5. The Morgan fingerprint density at radius 1 is 1.21 bits per heavy atom. The van der Waals surface area contributed by atoms with Crippen LogP contribution in [0.1, 0.15) is 29.6 Å². The van der Waals surface area contributed by atoms with E-state index in [0.717, 1.165) is 68.0 Å². The van der Waals surface area contributed by atoms with Crippen molar-refractivity contribution in [2.24, 2.45) is 0 Å². The number of hydrogen-bond donors (Lipinski definition) is 2. The van der Waals surface area contributed by atoms with Crippen molar-refractivity contribution in [2.45, 2.75) is 31.5 Å². The Morgan fingerprint density at radius 3 is 2.76 bits per heavy atom. The maximum Gasteiger partial charge on any atom is 0.263 e. The first-order valence-corrected chi connectivity index (χ1v) is 11.1. The van der Waals surface area contributed by atoms with Crippen LogP contribution in [0.4, 0.5) is 21.6 Å². The molecule has 1 amide bonds. The van der Waals surface area contributed by atoms with Crippen molar-refractivity contribution in [1.82, 2.24) is 24.5 Å². The lowest BCUT2D eigenvalue weighted by Gasteiger charge is -2.35. The lowest BCUT2D eigenvalue weighted by Crippen LogP contribution is -2.39. The first-order valence-electron chi connectivity index (χ1n) is 11.1. The number of fused-ring (bicyclic) bond motifs is 1. The Hall–Kier alpha value is -3.31. The monoisotopic (exact) mass is 454 g/mol. The molecule has 2 aliphatic heterocycles. The second-order valence-electron chi connectivity index (χ2n) is 8.64. The van der Waals surface area contributed by atoms with Gasteiger partial charge in [-0.2, -0.15) is 0 Å². The SMILES string of the molecule is CN1CC[C@@H](OC2CCN(c3ccncc3NC(=O)c3c(N)nn4cc(F)cnc34)CC2)C1. The molecule has 10 nitrogen and oxygen atoms in total. The molecule has 5 rings (SSSR count). The second-order valence-corrected chi connectivity index (χ2v) is 8.64. The summed E-state index contributed by atoms with van der Waals surface area (Å²) in [7, 11) is 2.13. The molecular weight excluding hydrogens is 427 g/mol. The van der Waals surface area contributed by atoms with Gasteiger partial charge in [0.05, 0.1) is 42.2 Å². The second kappa shape index (κ2) is 8.91. The molecule has 0 aliphatic carbocycles. The van der Waals surface area contributed by atoms with Gasteiger partial charge in [0.15, 0.2) is 17.3 Å². The van der Waals surface area contributed by atoms with E-state index >= 15 is 0 Å². The number of amides is 1. The average molecular weight is 455 g/mol. The van der Waals surface area contributed by atoms with Crippen molar-refractivity contribution in [3.63, 3.8) is 0 Å².